The fourth-order valence-electron chi connectivity index (χ4n) is 1.89. The minimum Gasteiger partial charge on any atom is -0.379 e. The van der Waals surface area contributed by atoms with Crippen molar-refractivity contribution >= 4 is 5.91 Å². The zero-order valence-corrected chi connectivity index (χ0v) is 9.88. The number of rotatable bonds is 4. The maximum absolute atomic E-state index is 12.2. The summed E-state index contributed by atoms with van der Waals surface area (Å²) in [5.41, 5.74) is 0. The van der Waals surface area contributed by atoms with Gasteiger partial charge >= 0.3 is 6.18 Å². The lowest BCUT2D eigenvalue weighted by atomic mass is 10.0. The van der Waals surface area contributed by atoms with Crippen molar-refractivity contribution < 1.29 is 22.7 Å². The number of likely N-dealkylation sites (N-methyl/N-ethyl adjacent to an activating group) is 1. The first-order chi connectivity index (χ1) is 7.85. The number of amides is 1. The lowest BCUT2D eigenvalue weighted by Gasteiger charge is -2.25. The molecule has 2 atom stereocenters. The van der Waals surface area contributed by atoms with Crippen molar-refractivity contribution in [2.45, 2.75) is 19.1 Å². The van der Waals surface area contributed by atoms with E-state index in [0.29, 0.717) is 18.1 Å². The van der Waals surface area contributed by atoms with Crippen LogP contribution in [0.15, 0.2) is 0 Å². The lowest BCUT2D eigenvalue weighted by Crippen LogP contribution is -2.46. The molecule has 1 amide bonds. The van der Waals surface area contributed by atoms with Crippen LogP contribution in [0.4, 0.5) is 13.2 Å². The van der Waals surface area contributed by atoms with Crippen LogP contribution in [-0.2, 0) is 9.53 Å². The Morgan fingerprint density at radius 2 is 2.12 bits per heavy atom. The van der Waals surface area contributed by atoms with Gasteiger partial charge in [0.25, 0.3) is 0 Å². The second-order valence-corrected chi connectivity index (χ2v) is 4.12. The van der Waals surface area contributed by atoms with Crippen LogP contribution < -0.4 is 5.32 Å². The molecule has 1 saturated heterocycles. The second-order valence-electron chi connectivity index (χ2n) is 4.12. The number of halogens is 3. The quantitative estimate of drug-likeness (QED) is 0.800. The van der Waals surface area contributed by atoms with Gasteiger partial charge in [0.15, 0.2) is 0 Å². The summed E-state index contributed by atoms with van der Waals surface area (Å²) in [5.74, 6) is -1.05. The molecule has 4 nitrogen and oxygen atoms in total. The third-order valence-electron chi connectivity index (χ3n) is 2.66. The van der Waals surface area contributed by atoms with Crippen molar-refractivity contribution in [3.63, 3.8) is 0 Å². The van der Waals surface area contributed by atoms with Crippen molar-refractivity contribution in [2.75, 3.05) is 33.4 Å². The average molecular weight is 254 g/mol. The van der Waals surface area contributed by atoms with Crippen LogP contribution in [0.3, 0.4) is 0 Å². The smallest absolute Gasteiger partial charge is 0.379 e. The standard InChI is InChI=1S/C10H17F3N2O2/c1-3-14-8-5-17-4-7(8)9(16)15(2)6-10(11,12)13/h7-8,14H,3-6H2,1-2H3. The summed E-state index contributed by atoms with van der Waals surface area (Å²) in [4.78, 5) is 12.5. The largest absolute Gasteiger partial charge is 0.406 e. The molecule has 0 aromatic carbocycles. The van der Waals surface area contributed by atoms with Crippen LogP contribution in [0.5, 0.6) is 0 Å². The van der Waals surface area contributed by atoms with Gasteiger partial charge in [-0.1, -0.05) is 6.92 Å². The summed E-state index contributed by atoms with van der Waals surface area (Å²) in [5, 5.41) is 3.04. The van der Waals surface area contributed by atoms with E-state index in [1.54, 1.807) is 0 Å². The molecule has 1 heterocycles. The van der Waals surface area contributed by atoms with Crippen LogP contribution in [0, 0.1) is 5.92 Å². The van der Waals surface area contributed by atoms with Gasteiger partial charge in [-0.2, -0.15) is 13.2 Å². The van der Waals surface area contributed by atoms with Crippen molar-refractivity contribution in [2.24, 2.45) is 5.92 Å². The van der Waals surface area contributed by atoms with E-state index in [2.05, 4.69) is 5.32 Å². The Morgan fingerprint density at radius 1 is 1.47 bits per heavy atom. The molecule has 0 aliphatic carbocycles. The highest BCUT2D eigenvalue weighted by molar-refractivity contribution is 5.79. The maximum atomic E-state index is 12.2. The third kappa shape index (κ3) is 4.16. The number of nitrogens with zero attached hydrogens (tertiary/aromatic N) is 1. The van der Waals surface area contributed by atoms with Gasteiger partial charge in [-0.05, 0) is 6.54 Å². The summed E-state index contributed by atoms with van der Waals surface area (Å²) >= 11 is 0. The molecule has 0 saturated carbocycles. The SMILES string of the molecule is CCNC1COCC1C(=O)N(C)CC(F)(F)F. The maximum Gasteiger partial charge on any atom is 0.406 e. The topological polar surface area (TPSA) is 41.6 Å². The normalized spacial score (nSPS) is 25.0. The van der Waals surface area contributed by atoms with Crippen LogP contribution >= 0.6 is 0 Å². The first-order valence-corrected chi connectivity index (χ1v) is 5.48. The molecular weight excluding hydrogens is 237 g/mol. The molecule has 1 aliphatic rings. The number of carbonyl (C=O) groups is 1. The molecule has 0 radical (unpaired) electrons. The Hall–Kier alpha value is -0.820. The highest BCUT2D eigenvalue weighted by atomic mass is 19.4. The third-order valence-corrected chi connectivity index (χ3v) is 2.66. The molecule has 1 rings (SSSR count). The van der Waals surface area contributed by atoms with Crippen molar-refractivity contribution in [3.8, 4) is 0 Å². The van der Waals surface area contributed by atoms with E-state index in [1.807, 2.05) is 6.92 Å². The Kier molecular flexibility index (Phi) is 4.76. The first-order valence-electron chi connectivity index (χ1n) is 5.48. The van der Waals surface area contributed by atoms with Crippen LogP contribution in [0.2, 0.25) is 0 Å². The fourth-order valence-corrected chi connectivity index (χ4v) is 1.89. The average Bonchev–Trinajstić information content (AvgIpc) is 2.62. The summed E-state index contributed by atoms with van der Waals surface area (Å²) < 4.78 is 41.6. The number of ether oxygens (including phenoxy) is 1. The van der Waals surface area contributed by atoms with E-state index < -0.39 is 24.5 Å². The van der Waals surface area contributed by atoms with Gasteiger partial charge in [0, 0.05) is 13.1 Å². The van der Waals surface area contributed by atoms with Crippen molar-refractivity contribution in [3.05, 3.63) is 0 Å². The zero-order chi connectivity index (χ0) is 13.1. The molecule has 0 aromatic rings. The molecule has 0 spiro atoms. The zero-order valence-electron chi connectivity index (χ0n) is 9.88. The molecule has 100 valence electrons. The Balaban J connectivity index is 2.56. The molecule has 1 N–H and O–H groups in total. The number of hydrogen-bond acceptors (Lipinski definition) is 3. The van der Waals surface area contributed by atoms with E-state index in [0.717, 1.165) is 7.05 Å². The molecule has 17 heavy (non-hydrogen) atoms. The number of hydrogen-bond donors (Lipinski definition) is 1. The monoisotopic (exact) mass is 254 g/mol. The Bertz CT molecular complexity index is 271. The predicted octanol–water partition coefficient (Wildman–Crippen LogP) is 0.632. The van der Waals surface area contributed by atoms with E-state index in [1.165, 1.54) is 0 Å². The molecular formula is C10H17F3N2O2. The van der Waals surface area contributed by atoms with Crippen LogP contribution in [0.25, 0.3) is 0 Å². The summed E-state index contributed by atoms with van der Waals surface area (Å²) in [6, 6.07) is -0.191. The summed E-state index contributed by atoms with van der Waals surface area (Å²) in [6.45, 7) is 1.85. The van der Waals surface area contributed by atoms with Gasteiger partial charge in [-0.3, -0.25) is 4.79 Å². The minimum atomic E-state index is -4.36. The second kappa shape index (κ2) is 5.68. The van der Waals surface area contributed by atoms with Gasteiger partial charge in [0.05, 0.1) is 19.1 Å². The summed E-state index contributed by atoms with van der Waals surface area (Å²) in [7, 11) is 1.16. The Labute approximate surface area is 98.1 Å². The summed E-state index contributed by atoms with van der Waals surface area (Å²) in [6.07, 6.45) is -4.36. The first kappa shape index (κ1) is 14.2. The molecule has 7 heteroatoms. The molecule has 0 bridgehead atoms. The molecule has 0 aromatic heterocycles. The Morgan fingerprint density at radius 3 is 2.65 bits per heavy atom. The van der Waals surface area contributed by atoms with E-state index >= 15 is 0 Å². The van der Waals surface area contributed by atoms with Gasteiger partial charge in [-0.15, -0.1) is 0 Å². The number of carbonyl (C=O) groups excluding carboxylic acids is 1. The van der Waals surface area contributed by atoms with Gasteiger partial charge < -0.3 is 15.0 Å². The van der Waals surface area contributed by atoms with E-state index in [-0.39, 0.29) is 12.6 Å². The number of nitrogens with one attached hydrogen (secondary N) is 1. The highest BCUT2D eigenvalue weighted by Gasteiger charge is 2.38. The van der Waals surface area contributed by atoms with Gasteiger partial charge in [0.1, 0.15) is 6.54 Å². The van der Waals surface area contributed by atoms with Crippen LogP contribution in [0.1, 0.15) is 6.92 Å². The van der Waals surface area contributed by atoms with E-state index in [4.69, 9.17) is 4.74 Å². The van der Waals surface area contributed by atoms with Crippen LogP contribution in [-0.4, -0.2) is 56.4 Å². The van der Waals surface area contributed by atoms with Gasteiger partial charge in [-0.25, -0.2) is 0 Å². The fraction of sp³-hybridized carbons (Fsp3) is 0.900. The van der Waals surface area contributed by atoms with E-state index in [9.17, 15) is 18.0 Å². The molecule has 2 unspecified atom stereocenters. The predicted molar refractivity (Wildman–Crippen MR) is 55.5 cm³/mol. The number of alkyl halides is 3. The van der Waals surface area contributed by atoms with Crippen molar-refractivity contribution in [1.82, 2.24) is 10.2 Å². The lowest BCUT2D eigenvalue weighted by molar-refractivity contribution is -0.161. The molecule has 1 aliphatic heterocycles. The minimum absolute atomic E-state index is 0.179. The van der Waals surface area contributed by atoms with Crippen molar-refractivity contribution in [1.29, 1.82) is 0 Å². The van der Waals surface area contributed by atoms with Gasteiger partial charge in [0.2, 0.25) is 5.91 Å². The highest BCUT2D eigenvalue weighted by Crippen LogP contribution is 2.20. The molecule has 1 fully saturated rings.